The van der Waals surface area contributed by atoms with Gasteiger partial charge in [0.05, 0.1) is 12.5 Å². The number of carbonyl (C=O) groups excluding carboxylic acids is 3. The van der Waals surface area contributed by atoms with E-state index in [1.807, 2.05) is 72.8 Å². The Morgan fingerprint density at radius 3 is 2.33 bits per heavy atom. The van der Waals surface area contributed by atoms with Gasteiger partial charge in [-0.1, -0.05) is 72.8 Å². The van der Waals surface area contributed by atoms with Crippen LogP contribution in [0.15, 0.2) is 72.8 Å². The lowest BCUT2D eigenvalue weighted by Crippen LogP contribution is -2.44. The number of Topliss-reactive ketones (excluding diaryl/α,β-unsaturated/α-hetero) is 1. The Morgan fingerprint density at radius 1 is 0.923 bits per heavy atom. The molecule has 0 bridgehead atoms. The lowest BCUT2D eigenvalue weighted by atomic mass is 9.93. The molecule has 1 fully saturated rings. The number of fused-ring (bicyclic) bond motifs is 1. The third-order valence-corrected chi connectivity index (χ3v) is 7.30. The lowest BCUT2D eigenvalue weighted by Gasteiger charge is -2.24. The first kappa shape index (κ1) is 27.9. The normalized spacial score (nSPS) is 15.3. The van der Waals surface area contributed by atoms with Gasteiger partial charge in [-0.2, -0.15) is 0 Å². The Kier molecular flexibility index (Phi) is 9.74. The summed E-state index contributed by atoms with van der Waals surface area (Å²) in [5.41, 5.74) is 1.60. The van der Waals surface area contributed by atoms with Crippen molar-refractivity contribution < 1.29 is 19.3 Å². The van der Waals surface area contributed by atoms with Crippen molar-refractivity contribution in [1.29, 1.82) is 0 Å². The SMILES string of the molecule is O=C(NCC(C(=O)NCC(=O)C(CCc1ccccc1)[N+](=O)[O-])c1ccc2ccccc2c1)C1CCNCC1. The summed E-state index contributed by atoms with van der Waals surface area (Å²) in [7, 11) is 0. The molecule has 1 heterocycles. The molecular weight excluding hydrogens is 496 g/mol. The van der Waals surface area contributed by atoms with Gasteiger partial charge in [0.15, 0.2) is 0 Å². The van der Waals surface area contributed by atoms with E-state index in [0.29, 0.717) is 12.0 Å². The van der Waals surface area contributed by atoms with Gasteiger partial charge < -0.3 is 16.0 Å². The fourth-order valence-electron chi connectivity index (χ4n) is 4.96. The van der Waals surface area contributed by atoms with Crippen molar-refractivity contribution in [1.82, 2.24) is 16.0 Å². The molecule has 1 saturated heterocycles. The highest BCUT2D eigenvalue weighted by Crippen LogP contribution is 2.23. The predicted molar refractivity (Wildman–Crippen MR) is 149 cm³/mol. The second kappa shape index (κ2) is 13.6. The smallest absolute Gasteiger partial charge is 0.272 e. The predicted octanol–water partition coefficient (Wildman–Crippen LogP) is 3.00. The van der Waals surface area contributed by atoms with Crippen molar-refractivity contribution in [2.45, 2.75) is 37.6 Å². The zero-order valence-electron chi connectivity index (χ0n) is 21.8. The van der Waals surface area contributed by atoms with Crippen LogP contribution in [-0.2, 0) is 20.8 Å². The molecule has 9 heteroatoms. The van der Waals surface area contributed by atoms with E-state index >= 15 is 0 Å². The van der Waals surface area contributed by atoms with Gasteiger partial charge in [-0.3, -0.25) is 24.5 Å². The molecule has 0 saturated carbocycles. The third-order valence-electron chi connectivity index (χ3n) is 7.30. The van der Waals surface area contributed by atoms with Crippen molar-refractivity contribution in [2.75, 3.05) is 26.2 Å². The Morgan fingerprint density at radius 2 is 1.62 bits per heavy atom. The summed E-state index contributed by atoms with van der Waals surface area (Å²) in [5, 5.41) is 22.4. The monoisotopic (exact) mass is 530 g/mol. The molecule has 0 radical (unpaired) electrons. The number of benzene rings is 3. The fraction of sp³-hybridized carbons (Fsp3) is 0.367. The average Bonchev–Trinajstić information content (AvgIpc) is 2.97. The Labute approximate surface area is 227 Å². The van der Waals surface area contributed by atoms with Crippen LogP contribution >= 0.6 is 0 Å². The van der Waals surface area contributed by atoms with Crippen molar-refractivity contribution in [3.05, 3.63) is 94.0 Å². The van der Waals surface area contributed by atoms with Crippen LogP contribution in [0.1, 0.15) is 36.3 Å². The van der Waals surface area contributed by atoms with Crippen LogP contribution < -0.4 is 16.0 Å². The molecule has 9 nitrogen and oxygen atoms in total. The van der Waals surface area contributed by atoms with Crippen LogP contribution in [0.2, 0.25) is 0 Å². The summed E-state index contributed by atoms with van der Waals surface area (Å²) >= 11 is 0. The number of hydrogen-bond donors (Lipinski definition) is 3. The minimum atomic E-state index is -1.41. The molecule has 39 heavy (non-hydrogen) atoms. The van der Waals surface area contributed by atoms with Crippen LogP contribution in [-0.4, -0.2) is 54.7 Å². The summed E-state index contributed by atoms with van der Waals surface area (Å²) in [6.07, 6.45) is 1.90. The number of aryl methyl sites for hydroxylation is 1. The molecule has 2 amide bonds. The molecule has 3 aromatic rings. The largest absolute Gasteiger partial charge is 0.355 e. The van der Waals surface area contributed by atoms with Gasteiger partial charge in [0.1, 0.15) is 0 Å². The average molecular weight is 531 g/mol. The summed E-state index contributed by atoms with van der Waals surface area (Å²) < 4.78 is 0. The van der Waals surface area contributed by atoms with Gasteiger partial charge >= 0.3 is 0 Å². The summed E-state index contributed by atoms with van der Waals surface area (Å²) in [6.45, 7) is 1.16. The van der Waals surface area contributed by atoms with Crippen LogP contribution in [0.3, 0.4) is 0 Å². The zero-order valence-corrected chi connectivity index (χ0v) is 21.8. The van der Waals surface area contributed by atoms with E-state index in [2.05, 4.69) is 16.0 Å². The maximum atomic E-state index is 13.4. The second-order valence-corrected chi connectivity index (χ2v) is 9.94. The number of nitrogens with zero attached hydrogens (tertiary/aromatic N) is 1. The second-order valence-electron chi connectivity index (χ2n) is 9.94. The fourth-order valence-corrected chi connectivity index (χ4v) is 4.96. The van der Waals surface area contributed by atoms with E-state index in [4.69, 9.17) is 0 Å². The van der Waals surface area contributed by atoms with Crippen LogP contribution in [0.25, 0.3) is 10.8 Å². The van der Waals surface area contributed by atoms with Gasteiger partial charge in [-0.05, 0) is 54.3 Å². The number of hydrogen-bond acceptors (Lipinski definition) is 6. The summed E-state index contributed by atoms with van der Waals surface area (Å²) in [6, 6.07) is 21.3. The van der Waals surface area contributed by atoms with E-state index < -0.39 is 35.1 Å². The first-order chi connectivity index (χ1) is 18.9. The maximum Gasteiger partial charge on any atom is 0.272 e. The number of nitrogens with one attached hydrogen (secondary N) is 3. The van der Waals surface area contributed by atoms with Gasteiger partial charge in [0, 0.05) is 23.8 Å². The van der Waals surface area contributed by atoms with E-state index in [-0.39, 0.29) is 24.8 Å². The van der Waals surface area contributed by atoms with Gasteiger partial charge in [0.2, 0.25) is 17.6 Å². The molecule has 0 aliphatic carbocycles. The van der Waals surface area contributed by atoms with Crippen molar-refractivity contribution in [2.24, 2.45) is 5.92 Å². The number of amides is 2. The van der Waals surface area contributed by atoms with Crippen molar-refractivity contribution in [3.63, 3.8) is 0 Å². The molecule has 1 aliphatic heterocycles. The highest BCUT2D eigenvalue weighted by atomic mass is 16.6. The molecule has 0 aromatic heterocycles. The van der Waals surface area contributed by atoms with Crippen LogP contribution in [0, 0.1) is 16.0 Å². The molecule has 1 aliphatic rings. The third kappa shape index (κ3) is 7.70. The van der Waals surface area contributed by atoms with Gasteiger partial charge in [0.25, 0.3) is 6.04 Å². The quantitative estimate of drug-likeness (QED) is 0.244. The molecule has 4 rings (SSSR count). The minimum absolute atomic E-state index is 0.0477. The highest BCUT2D eigenvalue weighted by Gasteiger charge is 2.31. The summed E-state index contributed by atoms with van der Waals surface area (Å²) in [5.74, 6) is -2.08. The number of piperidine rings is 1. The topological polar surface area (TPSA) is 130 Å². The zero-order chi connectivity index (χ0) is 27.6. The van der Waals surface area contributed by atoms with E-state index in [0.717, 1.165) is 42.3 Å². The van der Waals surface area contributed by atoms with E-state index in [1.165, 1.54) is 0 Å². The first-order valence-electron chi connectivity index (χ1n) is 13.4. The van der Waals surface area contributed by atoms with Crippen molar-refractivity contribution in [3.8, 4) is 0 Å². The standard InChI is InChI=1S/C30H34N4O5/c35-28(27(34(38)39)13-10-21-6-2-1-3-7-21)20-33-30(37)26(19-32-29(36)23-14-16-31-17-15-23)25-12-11-22-8-4-5-9-24(22)18-25/h1-9,11-12,18,23,26-27,31H,10,13-17,19-20H2,(H,32,36)(H,33,37). The molecule has 2 atom stereocenters. The Hall–Kier alpha value is -4.11. The van der Waals surface area contributed by atoms with E-state index in [9.17, 15) is 24.5 Å². The number of rotatable bonds is 12. The van der Waals surface area contributed by atoms with Crippen LogP contribution in [0.4, 0.5) is 0 Å². The van der Waals surface area contributed by atoms with Crippen LogP contribution in [0.5, 0.6) is 0 Å². The maximum absolute atomic E-state index is 13.4. The highest BCUT2D eigenvalue weighted by molar-refractivity contribution is 5.92. The number of nitro groups is 1. The first-order valence-corrected chi connectivity index (χ1v) is 13.4. The van der Waals surface area contributed by atoms with Gasteiger partial charge in [-0.25, -0.2) is 0 Å². The van der Waals surface area contributed by atoms with Gasteiger partial charge in [-0.15, -0.1) is 0 Å². The minimum Gasteiger partial charge on any atom is -0.355 e. The Bertz CT molecular complexity index is 1310. The lowest BCUT2D eigenvalue weighted by molar-refractivity contribution is -0.508. The molecule has 204 valence electrons. The summed E-state index contributed by atoms with van der Waals surface area (Å²) in [4.78, 5) is 50.0. The Balaban J connectivity index is 1.43. The number of carbonyl (C=O) groups is 3. The molecular formula is C30H34N4O5. The molecule has 2 unspecified atom stereocenters. The molecule has 3 N–H and O–H groups in total. The van der Waals surface area contributed by atoms with E-state index in [1.54, 1.807) is 0 Å². The van der Waals surface area contributed by atoms with Crippen molar-refractivity contribution >= 4 is 28.4 Å². The number of ketones is 1. The molecule has 0 spiro atoms. The molecule has 3 aromatic carbocycles.